The van der Waals surface area contributed by atoms with Gasteiger partial charge in [-0.2, -0.15) is 0 Å². The van der Waals surface area contributed by atoms with Gasteiger partial charge in [0.2, 0.25) is 0 Å². The number of para-hydroxylation sites is 2. The van der Waals surface area contributed by atoms with Gasteiger partial charge in [0, 0.05) is 64.1 Å². The number of aliphatic imine (C=N–C) groups is 2. The smallest absolute Gasteiger partial charge is 0.159 e. The number of thiophene rings is 1. The minimum Gasteiger partial charge on any atom is -0.344 e. The highest BCUT2D eigenvalue weighted by atomic mass is 32.1. The summed E-state index contributed by atoms with van der Waals surface area (Å²) in [7, 11) is 0. The predicted octanol–water partition coefficient (Wildman–Crippen LogP) is 17.7. The van der Waals surface area contributed by atoms with Crippen molar-refractivity contribution in [2.75, 3.05) is 0 Å². The molecule has 0 bridgehead atoms. The molecule has 0 amide bonds. The van der Waals surface area contributed by atoms with Crippen LogP contribution in [0.3, 0.4) is 0 Å². The first-order valence-corrected chi connectivity index (χ1v) is 26.3. The first-order valence-electron chi connectivity index (χ1n) is 25.5. The second kappa shape index (κ2) is 17.6. The van der Waals surface area contributed by atoms with E-state index in [9.17, 15) is 0 Å². The molecule has 11 aromatic carbocycles. The van der Waals surface area contributed by atoms with E-state index in [-0.39, 0.29) is 0 Å². The number of aromatic nitrogens is 2. The van der Waals surface area contributed by atoms with Crippen LogP contribution < -0.4 is 5.32 Å². The Balaban J connectivity index is 0.973. The minimum absolute atomic E-state index is 0.495. The van der Waals surface area contributed by atoms with Gasteiger partial charge in [-0.1, -0.05) is 206 Å². The Morgan fingerprint density at radius 3 is 1.61 bits per heavy atom. The maximum absolute atomic E-state index is 5.55. The van der Waals surface area contributed by atoms with Crippen molar-refractivity contribution >= 4 is 86.8 Å². The van der Waals surface area contributed by atoms with Crippen molar-refractivity contribution in [3.63, 3.8) is 0 Å². The third kappa shape index (κ3) is 7.06. The first kappa shape index (κ1) is 43.0. The molecule has 0 saturated heterocycles. The summed E-state index contributed by atoms with van der Waals surface area (Å²) < 4.78 is 7.40. The van der Waals surface area contributed by atoms with Gasteiger partial charge in [-0.05, 0) is 88.0 Å². The molecule has 1 atom stereocenters. The van der Waals surface area contributed by atoms with E-state index in [1.807, 2.05) is 17.4 Å². The lowest BCUT2D eigenvalue weighted by molar-refractivity contribution is 0.671. The van der Waals surface area contributed by atoms with Crippen molar-refractivity contribution in [3.05, 3.63) is 278 Å². The zero-order valence-corrected chi connectivity index (χ0v) is 41.4. The molecule has 14 aromatic rings. The van der Waals surface area contributed by atoms with E-state index in [1.54, 1.807) is 0 Å². The monoisotopic (exact) mass is 975 g/mol. The Bertz CT molecular complexity index is 4600. The van der Waals surface area contributed by atoms with Crippen molar-refractivity contribution in [2.45, 2.75) is 6.17 Å². The number of benzene rings is 11. The molecule has 1 N–H and O–H groups in total. The molecular weight excluding hydrogens is 931 g/mol. The molecule has 75 heavy (non-hydrogen) atoms. The van der Waals surface area contributed by atoms with E-state index in [0.717, 1.165) is 61.6 Å². The van der Waals surface area contributed by atoms with Crippen LogP contribution >= 0.6 is 11.3 Å². The molecule has 0 aliphatic carbocycles. The van der Waals surface area contributed by atoms with Crippen LogP contribution in [0.2, 0.25) is 0 Å². The molecule has 6 heteroatoms. The van der Waals surface area contributed by atoms with Crippen LogP contribution in [0.15, 0.2) is 271 Å². The summed E-state index contributed by atoms with van der Waals surface area (Å²) >= 11 is 1.82. The van der Waals surface area contributed by atoms with E-state index >= 15 is 0 Å². The minimum atomic E-state index is -0.495. The van der Waals surface area contributed by atoms with Crippen LogP contribution in [0.4, 0.5) is 0 Å². The van der Waals surface area contributed by atoms with E-state index in [1.165, 1.54) is 69.5 Å². The number of hydrogen-bond donors (Lipinski definition) is 1. The molecule has 0 saturated carbocycles. The Hall–Kier alpha value is -9.62. The van der Waals surface area contributed by atoms with E-state index < -0.39 is 6.17 Å². The standard InChI is InChI=1S/C69H45N5S/c1-5-20-44(21-6-1)47-38-40-53-60(42-47)73(49-26-11-4-12-27-49)58-34-17-30-51(65(53)58)50-31-18-35-59-64(50)52-28-13-15-33-57(52)74(59)61-43-48(45-22-7-2-8-23-45)39-41-54(61)68-70-67(46-24-9-3-10-25-46)71-69(72-68)56-32-19-37-63-66(56)55-29-14-16-36-62(55)75-63/h1-43,68H,(H,70,71,72). The van der Waals surface area contributed by atoms with Crippen molar-refractivity contribution in [1.29, 1.82) is 0 Å². The van der Waals surface area contributed by atoms with Crippen molar-refractivity contribution in [3.8, 4) is 44.8 Å². The van der Waals surface area contributed by atoms with Crippen LogP contribution in [-0.4, -0.2) is 20.8 Å². The van der Waals surface area contributed by atoms with Crippen LogP contribution in [0, 0.1) is 0 Å². The lowest BCUT2D eigenvalue weighted by Gasteiger charge is -2.27. The topological polar surface area (TPSA) is 46.6 Å². The summed E-state index contributed by atoms with van der Waals surface area (Å²) in [5.74, 6) is 1.48. The summed E-state index contributed by atoms with van der Waals surface area (Å²) in [6.45, 7) is 0. The number of hydrogen-bond acceptors (Lipinski definition) is 4. The van der Waals surface area contributed by atoms with Crippen molar-refractivity contribution < 1.29 is 0 Å². The van der Waals surface area contributed by atoms with Crippen molar-refractivity contribution in [1.82, 2.24) is 14.5 Å². The zero-order chi connectivity index (χ0) is 49.4. The van der Waals surface area contributed by atoms with Gasteiger partial charge in [-0.15, -0.1) is 11.3 Å². The van der Waals surface area contributed by atoms with Crippen LogP contribution in [0.5, 0.6) is 0 Å². The molecule has 1 unspecified atom stereocenters. The zero-order valence-electron chi connectivity index (χ0n) is 40.6. The summed E-state index contributed by atoms with van der Waals surface area (Å²) in [5.41, 5.74) is 16.8. The number of fused-ring (bicyclic) bond motifs is 9. The first-order chi connectivity index (χ1) is 37.2. The summed E-state index contributed by atoms with van der Waals surface area (Å²) in [6, 6.07) is 94.2. The molecule has 15 rings (SSSR count). The molecule has 1 aliphatic heterocycles. The third-order valence-electron chi connectivity index (χ3n) is 15.0. The van der Waals surface area contributed by atoms with Gasteiger partial charge in [0.1, 0.15) is 12.0 Å². The molecule has 0 spiro atoms. The Kier molecular flexibility index (Phi) is 10.1. The maximum atomic E-state index is 5.55. The second-order valence-corrected chi connectivity index (χ2v) is 20.3. The lowest BCUT2D eigenvalue weighted by atomic mass is 9.95. The maximum Gasteiger partial charge on any atom is 0.159 e. The highest BCUT2D eigenvalue weighted by Gasteiger charge is 2.28. The number of rotatable bonds is 8. The molecule has 4 heterocycles. The van der Waals surface area contributed by atoms with Gasteiger partial charge in [-0.25, -0.2) is 9.98 Å². The fraction of sp³-hybridized carbons (Fsp3) is 0.0145. The Morgan fingerprint density at radius 2 is 0.893 bits per heavy atom. The SMILES string of the molecule is c1ccc(C2=NC(c3ccc(-c4ccccc4)cc3-n3c4ccccc4c4c(-c5cccc6c5c5ccc(-c7ccccc7)cc5n6-c5ccccc5)cccc43)NC(c3cccc4sc5ccccc5c34)=N2)cc1. The van der Waals surface area contributed by atoms with Gasteiger partial charge < -0.3 is 14.5 Å². The normalized spacial score (nSPS) is 13.7. The van der Waals surface area contributed by atoms with Crippen LogP contribution in [0.25, 0.3) is 109 Å². The van der Waals surface area contributed by atoms with Crippen molar-refractivity contribution in [2.24, 2.45) is 9.98 Å². The van der Waals surface area contributed by atoms with E-state index in [0.29, 0.717) is 5.84 Å². The number of amidine groups is 2. The van der Waals surface area contributed by atoms with E-state index in [2.05, 4.69) is 269 Å². The average molecular weight is 976 g/mol. The molecule has 0 radical (unpaired) electrons. The lowest BCUT2D eigenvalue weighted by Crippen LogP contribution is -2.34. The molecule has 352 valence electrons. The highest BCUT2D eigenvalue weighted by Crippen LogP contribution is 2.46. The summed E-state index contributed by atoms with van der Waals surface area (Å²) in [6.07, 6.45) is -0.495. The number of nitrogens with zero attached hydrogens (tertiary/aromatic N) is 4. The molecular formula is C69H45N5S. The fourth-order valence-electron chi connectivity index (χ4n) is 11.7. The van der Waals surface area contributed by atoms with Crippen LogP contribution in [0.1, 0.15) is 22.9 Å². The Labute approximate surface area is 437 Å². The van der Waals surface area contributed by atoms with E-state index in [4.69, 9.17) is 9.98 Å². The highest BCUT2D eigenvalue weighted by molar-refractivity contribution is 7.25. The fourth-order valence-corrected chi connectivity index (χ4v) is 12.8. The molecule has 1 aliphatic rings. The Morgan fingerprint density at radius 1 is 0.360 bits per heavy atom. The molecule has 3 aromatic heterocycles. The third-order valence-corrected chi connectivity index (χ3v) is 16.1. The molecule has 0 fully saturated rings. The quantitative estimate of drug-likeness (QED) is 0.162. The van der Waals surface area contributed by atoms with Crippen LogP contribution in [-0.2, 0) is 0 Å². The summed E-state index contributed by atoms with van der Waals surface area (Å²) in [5, 5.41) is 11.2. The largest absolute Gasteiger partial charge is 0.344 e. The average Bonchev–Trinajstić information content (AvgIpc) is 4.21. The predicted molar refractivity (Wildman–Crippen MR) is 316 cm³/mol. The van der Waals surface area contributed by atoms with Gasteiger partial charge in [-0.3, -0.25) is 0 Å². The molecule has 5 nitrogen and oxygen atoms in total. The van der Waals surface area contributed by atoms with Gasteiger partial charge >= 0.3 is 0 Å². The van der Waals surface area contributed by atoms with Gasteiger partial charge in [0.25, 0.3) is 0 Å². The summed E-state index contributed by atoms with van der Waals surface area (Å²) in [4.78, 5) is 10.9. The van der Waals surface area contributed by atoms with Gasteiger partial charge in [0.05, 0.1) is 27.8 Å². The number of nitrogens with one attached hydrogen (secondary N) is 1. The van der Waals surface area contributed by atoms with Gasteiger partial charge in [0.15, 0.2) is 5.84 Å². The second-order valence-electron chi connectivity index (χ2n) is 19.3.